The summed E-state index contributed by atoms with van der Waals surface area (Å²) in [5, 5.41) is 0. The molecule has 0 aliphatic carbocycles. The maximum absolute atomic E-state index is 12.4. The number of hydrogen-bond donors (Lipinski definition) is 1. The predicted molar refractivity (Wildman–Crippen MR) is 78.2 cm³/mol. The second kappa shape index (κ2) is 6.22. The Morgan fingerprint density at radius 1 is 1.30 bits per heavy atom. The van der Waals surface area contributed by atoms with E-state index in [4.69, 9.17) is 4.74 Å². The molecule has 112 valence electrons. The molecule has 1 fully saturated rings. The molecule has 1 aromatic carbocycles. The van der Waals surface area contributed by atoms with Crippen LogP contribution in [0.15, 0.2) is 29.2 Å². The molecule has 1 saturated heterocycles. The monoisotopic (exact) mass is 298 g/mol. The number of likely N-dealkylation sites (N-methyl/N-ethyl adjacent to an activating group) is 1. The molecule has 0 spiro atoms. The lowest BCUT2D eigenvalue weighted by atomic mass is 10.2. The Bertz CT molecular complexity index is 542. The van der Waals surface area contributed by atoms with Crippen LogP contribution in [0.25, 0.3) is 0 Å². The van der Waals surface area contributed by atoms with Crippen molar-refractivity contribution in [1.29, 1.82) is 0 Å². The molecule has 0 aromatic heterocycles. The van der Waals surface area contributed by atoms with Gasteiger partial charge in [-0.05, 0) is 33.0 Å². The normalized spacial score (nSPS) is 24.1. The number of likely N-dealkylation sites (tertiary alicyclic amines) is 1. The molecule has 5 nitrogen and oxygen atoms in total. The fourth-order valence-corrected chi connectivity index (χ4v) is 3.70. The molecule has 0 bridgehead atoms. The lowest BCUT2D eigenvalue weighted by molar-refractivity contribution is 0.0589. The van der Waals surface area contributed by atoms with Gasteiger partial charge in [0.25, 0.3) is 0 Å². The van der Waals surface area contributed by atoms with Crippen molar-refractivity contribution in [2.75, 3.05) is 26.7 Å². The van der Waals surface area contributed by atoms with Crippen molar-refractivity contribution < 1.29 is 13.2 Å². The van der Waals surface area contributed by atoms with E-state index in [9.17, 15) is 8.42 Å². The molecule has 0 radical (unpaired) electrons. The van der Waals surface area contributed by atoms with Gasteiger partial charge in [0.2, 0.25) is 10.0 Å². The first kappa shape index (κ1) is 15.4. The third-order valence-electron chi connectivity index (χ3n) is 3.47. The van der Waals surface area contributed by atoms with Gasteiger partial charge in [-0.1, -0.05) is 17.7 Å². The molecule has 0 saturated carbocycles. The van der Waals surface area contributed by atoms with Crippen LogP contribution in [0.4, 0.5) is 0 Å². The lowest BCUT2D eigenvalue weighted by Gasteiger charge is -2.19. The van der Waals surface area contributed by atoms with E-state index in [-0.39, 0.29) is 12.1 Å². The SMILES string of the molecule is CCO[C@H]1CN(C)C[C@@H]1NS(=O)(=O)c1ccc(C)cc1. The van der Waals surface area contributed by atoms with Gasteiger partial charge in [0, 0.05) is 19.7 Å². The summed E-state index contributed by atoms with van der Waals surface area (Å²) < 4.78 is 33.1. The number of aryl methyl sites for hydroxylation is 1. The van der Waals surface area contributed by atoms with E-state index < -0.39 is 10.0 Å². The van der Waals surface area contributed by atoms with Crippen molar-refractivity contribution in [2.45, 2.75) is 30.9 Å². The van der Waals surface area contributed by atoms with E-state index in [1.807, 2.05) is 20.9 Å². The summed E-state index contributed by atoms with van der Waals surface area (Å²) in [4.78, 5) is 2.37. The Balaban J connectivity index is 2.13. The molecular weight excluding hydrogens is 276 g/mol. The Hall–Kier alpha value is -0.950. The number of rotatable bonds is 5. The highest BCUT2D eigenvalue weighted by atomic mass is 32.2. The molecule has 1 aromatic rings. The van der Waals surface area contributed by atoms with Crippen molar-refractivity contribution in [1.82, 2.24) is 9.62 Å². The molecular formula is C14H22N2O3S. The van der Waals surface area contributed by atoms with E-state index in [1.54, 1.807) is 24.3 Å². The summed E-state index contributed by atoms with van der Waals surface area (Å²) in [5.74, 6) is 0. The highest BCUT2D eigenvalue weighted by Gasteiger charge is 2.34. The molecule has 1 heterocycles. The standard InChI is InChI=1S/C14H22N2O3S/c1-4-19-14-10-16(3)9-13(14)15-20(17,18)12-7-5-11(2)6-8-12/h5-8,13-15H,4,9-10H2,1-3H3/t13-,14-/m0/s1. The first-order chi connectivity index (χ1) is 9.42. The molecule has 0 unspecified atom stereocenters. The van der Waals surface area contributed by atoms with Crippen LogP contribution in [0.2, 0.25) is 0 Å². The van der Waals surface area contributed by atoms with Crippen LogP contribution >= 0.6 is 0 Å². The minimum absolute atomic E-state index is 0.0924. The molecule has 1 aliphatic rings. The minimum Gasteiger partial charge on any atom is -0.375 e. The van der Waals surface area contributed by atoms with E-state index in [1.165, 1.54) is 0 Å². The van der Waals surface area contributed by atoms with E-state index >= 15 is 0 Å². The van der Waals surface area contributed by atoms with Gasteiger partial charge in [-0.2, -0.15) is 0 Å². The molecule has 6 heteroatoms. The van der Waals surface area contributed by atoms with Gasteiger partial charge in [0.1, 0.15) is 0 Å². The second-order valence-corrected chi connectivity index (χ2v) is 6.97. The van der Waals surface area contributed by atoms with Gasteiger partial charge in [0.05, 0.1) is 17.0 Å². The van der Waals surface area contributed by atoms with Gasteiger partial charge >= 0.3 is 0 Å². The van der Waals surface area contributed by atoms with Gasteiger partial charge in [-0.15, -0.1) is 0 Å². The summed E-state index contributed by atoms with van der Waals surface area (Å²) in [6.07, 6.45) is -0.0924. The Morgan fingerprint density at radius 3 is 2.55 bits per heavy atom. The number of benzene rings is 1. The maximum Gasteiger partial charge on any atom is 0.240 e. The molecule has 1 aliphatic heterocycles. The highest BCUT2D eigenvalue weighted by molar-refractivity contribution is 7.89. The fourth-order valence-electron chi connectivity index (χ4n) is 2.44. The summed E-state index contributed by atoms with van der Waals surface area (Å²) in [7, 11) is -1.53. The van der Waals surface area contributed by atoms with E-state index in [2.05, 4.69) is 9.62 Å². The van der Waals surface area contributed by atoms with E-state index in [0.29, 0.717) is 18.0 Å². The molecule has 1 N–H and O–H groups in total. The zero-order chi connectivity index (χ0) is 14.8. The topological polar surface area (TPSA) is 58.6 Å². The quantitative estimate of drug-likeness (QED) is 0.881. The largest absolute Gasteiger partial charge is 0.375 e. The summed E-state index contributed by atoms with van der Waals surface area (Å²) in [6, 6.07) is 6.66. The molecule has 20 heavy (non-hydrogen) atoms. The molecule has 2 rings (SSSR count). The third-order valence-corrected chi connectivity index (χ3v) is 4.97. The van der Waals surface area contributed by atoms with Gasteiger partial charge < -0.3 is 9.64 Å². The number of hydrogen-bond acceptors (Lipinski definition) is 4. The van der Waals surface area contributed by atoms with Crippen molar-refractivity contribution >= 4 is 10.0 Å². The maximum atomic E-state index is 12.4. The van der Waals surface area contributed by atoms with Crippen molar-refractivity contribution in [3.05, 3.63) is 29.8 Å². The third kappa shape index (κ3) is 3.58. The number of nitrogens with zero attached hydrogens (tertiary/aromatic N) is 1. The Kier molecular flexibility index (Phi) is 4.80. The summed E-state index contributed by atoms with van der Waals surface area (Å²) in [6.45, 7) is 5.84. The Morgan fingerprint density at radius 2 is 1.95 bits per heavy atom. The van der Waals surface area contributed by atoms with Crippen LogP contribution in [-0.4, -0.2) is 52.2 Å². The number of nitrogens with one attached hydrogen (secondary N) is 1. The van der Waals surface area contributed by atoms with Crippen LogP contribution in [0.3, 0.4) is 0 Å². The zero-order valence-electron chi connectivity index (χ0n) is 12.2. The second-order valence-electron chi connectivity index (χ2n) is 5.26. The highest BCUT2D eigenvalue weighted by Crippen LogP contribution is 2.16. The number of sulfonamides is 1. The van der Waals surface area contributed by atoms with Crippen LogP contribution in [0, 0.1) is 6.92 Å². The number of ether oxygens (including phenoxy) is 1. The predicted octanol–water partition coefficient (Wildman–Crippen LogP) is 0.992. The first-order valence-electron chi connectivity index (χ1n) is 6.81. The van der Waals surface area contributed by atoms with Gasteiger partial charge in [-0.3, -0.25) is 0 Å². The van der Waals surface area contributed by atoms with Crippen molar-refractivity contribution in [2.24, 2.45) is 0 Å². The molecule has 2 atom stereocenters. The average molecular weight is 298 g/mol. The van der Waals surface area contributed by atoms with Gasteiger partial charge in [0.15, 0.2) is 0 Å². The van der Waals surface area contributed by atoms with Crippen LogP contribution in [-0.2, 0) is 14.8 Å². The van der Waals surface area contributed by atoms with Crippen molar-refractivity contribution in [3.8, 4) is 0 Å². The fraction of sp³-hybridized carbons (Fsp3) is 0.571. The zero-order valence-corrected chi connectivity index (χ0v) is 13.0. The lowest BCUT2D eigenvalue weighted by Crippen LogP contribution is -2.43. The summed E-state index contributed by atoms with van der Waals surface area (Å²) in [5.41, 5.74) is 1.04. The first-order valence-corrected chi connectivity index (χ1v) is 8.30. The Labute approximate surface area is 121 Å². The minimum atomic E-state index is -3.49. The van der Waals surface area contributed by atoms with Crippen LogP contribution < -0.4 is 4.72 Å². The van der Waals surface area contributed by atoms with Gasteiger partial charge in [-0.25, -0.2) is 13.1 Å². The smallest absolute Gasteiger partial charge is 0.240 e. The molecule has 0 amide bonds. The van der Waals surface area contributed by atoms with Crippen LogP contribution in [0.5, 0.6) is 0 Å². The van der Waals surface area contributed by atoms with Crippen molar-refractivity contribution in [3.63, 3.8) is 0 Å². The van der Waals surface area contributed by atoms with E-state index in [0.717, 1.165) is 12.1 Å². The average Bonchev–Trinajstić information content (AvgIpc) is 2.70. The summed E-state index contributed by atoms with van der Waals surface area (Å²) >= 11 is 0. The van der Waals surface area contributed by atoms with Crippen LogP contribution in [0.1, 0.15) is 12.5 Å².